The molecule has 0 aromatic heterocycles. The number of hydrogen-bond acceptors (Lipinski definition) is 4. The summed E-state index contributed by atoms with van der Waals surface area (Å²) in [7, 11) is 0. The van der Waals surface area contributed by atoms with Gasteiger partial charge in [0, 0.05) is 53.9 Å². The summed E-state index contributed by atoms with van der Waals surface area (Å²) < 4.78 is 0. The van der Waals surface area contributed by atoms with Crippen molar-refractivity contribution >= 4 is 56.3 Å². The Hall–Kier alpha value is -4.58. The van der Waals surface area contributed by atoms with Crippen LogP contribution in [0, 0.1) is 19.4 Å². The van der Waals surface area contributed by atoms with E-state index in [1.807, 2.05) is 0 Å². The third-order valence-corrected chi connectivity index (χ3v) is 8.34. The summed E-state index contributed by atoms with van der Waals surface area (Å²) in [6, 6.07) is 51.2. The second-order valence-corrected chi connectivity index (χ2v) is 11.4. The van der Waals surface area contributed by atoms with Gasteiger partial charge in [-0.25, -0.2) is 0 Å². The molecule has 44 heavy (non-hydrogen) atoms. The van der Waals surface area contributed by atoms with Crippen molar-refractivity contribution in [2.75, 3.05) is 19.6 Å². The Morgan fingerprint density at radius 2 is 0.886 bits per heavy atom. The maximum absolute atomic E-state index is 3.83. The van der Waals surface area contributed by atoms with Crippen LogP contribution in [0.25, 0.3) is 10.8 Å². The van der Waals surface area contributed by atoms with Gasteiger partial charge in [-0.05, 0) is 65.2 Å². The molecule has 0 unspecified atom stereocenters. The van der Waals surface area contributed by atoms with Crippen LogP contribution in [0.4, 0.5) is 45.5 Å². The third-order valence-electron chi connectivity index (χ3n) is 8.34. The minimum Gasteiger partial charge on any atom is -0.493 e. The Morgan fingerprint density at radius 1 is 0.477 bits per heavy atom. The number of rotatable bonds is 5. The minimum atomic E-state index is 0. The van der Waals surface area contributed by atoms with Gasteiger partial charge in [0.1, 0.15) is 0 Å². The molecule has 0 saturated carbocycles. The first-order valence-corrected chi connectivity index (χ1v) is 14.8. The van der Waals surface area contributed by atoms with Crippen LogP contribution in [-0.2, 0) is 19.8 Å². The van der Waals surface area contributed by atoms with E-state index in [2.05, 4.69) is 186 Å². The van der Waals surface area contributed by atoms with Crippen LogP contribution in [0.15, 0.2) is 133 Å². The van der Waals surface area contributed by atoms with Crippen molar-refractivity contribution in [3.63, 3.8) is 0 Å². The molecule has 0 fully saturated rings. The largest absolute Gasteiger partial charge is 0.493 e. The fourth-order valence-electron chi connectivity index (χ4n) is 6.08. The number of fused-ring (bicyclic) bond motifs is 3. The van der Waals surface area contributed by atoms with Crippen LogP contribution < -0.4 is 19.6 Å². The summed E-state index contributed by atoms with van der Waals surface area (Å²) in [5.41, 5.74) is 10.1. The number of hydrogen-bond donors (Lipinski definition) is 0. The van der Waals surface area contributed by atoms with Gasteiger partial charge in [0.05, 0.1) is 0 Å². The van der Waals surface area contributed by atoms with Gasteiger partial charge >= 0.3 is 0 Å². The van der Waals surface area contributed by atoms with Crippen LogP contribution in [-0.4, -0.2) is 0 Å². The van der Waals surface area contributed by atoms with Crippen molar-refractivity contribution in [1.29, 1.82) is 0 Å². The number of para-hydroxylation sites is 4. The summed E-state index contributed by atoms with van der Waals surface area (Å²) in [6.07, 6.45) is 0. The molecule has 2 aliphatic rings. The van der Waals surface area contributed by atoms with Gasteiger partial charge < -0.3 is 19.6 Å². The van der Waals surface area contributed by atoms with Gasteiger partial charge in [-0.2, -0.15) is 5.56 Å². The topological polar surface area (TPSA) is 13.0 Å². The van der Waals surface area contributed by atoms with E-state index in [1.54, 1.807) is 0 Å². The van der Waals surface area contributed by atoms with Crippen molar-refractivity contribution < 1.29 is 19.8 Å². The molecule has 0 radical (unpaired) electrons. The zero-order valence-electron chi connectivity index (χ0n) is 24.6. The quantitative estimate of drug-likeness (QED) is 0.163. The minimum absolute atomic E-state index is 0. The van der Waals surface area contributed by atoms with E-state index in [4.69, 9.17) is 0 Å². The summed E-state index contributed by atoms with van der Waals surface area (Å²) >= 11 is 0. The Balaban J connectivity index is 0.00000312. The number of nitrogens with zero attached hydrogens (tertiary/aromatic N) is 4. The molecule has 8 rings (SSSR count). The summed E-state index contributed by atoms with van der Waals surface area (Å²) in [5.74, 6) is 0.346. The molecule has 6 aromatic rings. The maximum Gasteiger partial charge on any atom is 0.0351 e. The van der Waals surface area contributed by atoms with Crippen LogP contribution in [0.3, 0.4) is 0 Å². The molecule has 2 heterocycles. The standard InChI is InChI=1S/C39H31N4.Os/c1-28(2)31-21-34(42-26-40(32-15-5-3-6-16-32)36-19-11-12-20-37(36)42)25-35(22-31)43-27-41(33-17-7-4-8-18-33)38-23-29-13-9-10-14-30(29)24-39(38)43;/h3-24,26-28H,1-2H3;/q-3;. The van der Waals surface area contributed by atoms with Gasteiger partial charge in [0.2, 0.25) is 0 Å². The molecule has 5 heteroatoms. The van der Waals surface area contributed by atoms with E-state index in [9.17, 15) is 0 Å². The monoisotopic (exact) mass is 747 g/mol. The molecule has 6 aromatic carbocycles. The molecule has 218 valence electrons. The zero-order valence-corrected chi connectivity index (χ0v) is 27.1. The van der Waals surface area contributed by atoms with Gasteiger partial charge in [-0.1, -0.05) is 86.6 Å². The van der Waals surface area contributed by atoms with Gasteiger partial charge in [0.15, 0.2) is 0 Å². The first-order chi connectivity index (χ1) is 21.1. The van der Waals surface area contributed by atoms with Crippen molar-refractivity contribution in [3.8, 4) is 0 Å². The molecule has 0 N–H and O–H groups in total. The van der Waals surface area contributed by atoms with Crippen molar-refractivity contribution in [1.82, 2.24) is 0 Å². The summed E-state index contributed by atoms with van der Waals surface area (Å²) in [4.78, 5) is 9.10. The molecule has 0 spiro atoms. The molecular formula is C39H31N4Os-3. The molecular weight excluding hydrogens is 715 g/mol. The van der Waals surface area contributed by atoms with E-state index in [1.165, 1.54) is 16.3 Å². The first kappa shape index (κ1) is 28.2. The molecule has 0 bridgehead atoms. The molecule has 2 aliphatic heterocycles. The first-order valence-electron chi connectivity index (χ1n) is 14.8. The average Bonchev–Trinajstić information content (AvgIpc) is 3.63. The number of anilines is 8. The second-order valence-electron chi connectivity index (χ2n) is 11.4. The van der Waals surface area contributed by atoms with Crippen molar-refractivity contribution in [2.45, 2.75) is 19.8 Å². The second kappa shape index (κ2) is 11.5. The van der Waals surface area contributed by atoms with E-state index >= 15 is 0 Å². The van der Waals surface area contributed by atoms with E-state index in [0.29, 0.717) is 5.92 Å². The summed E-state index contributed by atoms with van der Waals surface area (Å²) in [5, 5.41) is 2.44. The Bertz CT molecular complexity index is 1940. The SMILES string of the molecule is CC(C)c1cc(N2[CH-]N(c3ccccc3)c3ccccc32)[c-]c(N2[CH-]N(c3ccccc3)c3cc4ccccc4cc32)c1.[Os]. The zero-order chi connectivity index (χ0) is 28.9. The maximum atomic E-state index is 3.83. The van der Waals surface area contributed by atoms with Crippen molar-refractivity contribution in [2.24, 2.45) is 0 Å². The molecule has 0 amide bonds. The average molecular weight is 746 g/mol. The van der Waals surface area contributed by atoms with Crippen LogP contribution in [0.2, 0.25) is 0 Å². The van der Waals surface area contributed by atoms with Gasteiger partial charge in [-0.15, -0.1) is 42.9 Å². The molecule has 4 nitrogen and oxygen atoms in total. The Morgan fingerprint density at radius 3 is 1.41 bits per heavy atom. The fourth-order valence-corrected chi connectivity index (χ4v) is 6.08. The van der Waals surface area contributed by atoms with Crippen LogP contribution >= 0.6 is 0 Å². The van der Waals surface area contributed by atoms with Gasteiger partial charge in [-0.3, -0.25) is 0 Å². The molecule has 0 aliphatic carbocycles. The van der Waals surface area contributed by atoms with E-state index < -0.39 is 0 Å². The third kappa shape index (κ3) is 4.82. The fraction of sp³-hybridized carbons (Fsp3) is 0.0769. The smallest absolute Gasteiger partial charge is 0.0351 e. The normalized spacial score (nSPS) is 13.8. The van der Waals surface area contributed by atoms with E-state index in [-0.39, 0.29) is 19.8 Å². The molecule has 0 saturated heterocycles. The predicted octanol–water partition coefficient (Wildman–Crippen LogP) is 10.6. The number of benzene rings is 6. The predicted molar refractivity (Wildman–Crippen MR) is 180 cm³/mol. The Labute approximate surface area is 272 Å². The van der Waals surface area contributed by atoms with Crippen LogP contribution in [0.5, 0.6) is 0 Å². The van der Waals surface area contributed by atoms with Gasteiger partial charge in [0.25, 0.3) is 0 Å². The molecule has 0 atom stereocenters. The van der Waals surface area contributed by atoms with Crippen LogP contribution in [0.1, 0.15) is 25.3 Å². The van der Waals surface area contributed by atoms with Crippen molar-refractivity contribution in [3.05, 3.63) is 158 Å². The Kier molecular flexibility index (Phi) is 7.36. The van der Waals surface area contributed by atoms with E-state index in [0.717, 1.165) is 45.5 Å². The summed E-state index contributed by atoms with van der Waals surface area (Å²) in [6.45, 7) is 8.90.